The van der Waals surface area contributed by atoms with Crippen molar-refractivity contribution >= 4 is 29.7 Å². The number of likely N-dealkylation sites (tertiary alicyclic amines) is 1. The molecule has 0 saturated carbocycles. The zero-order valence-electron chi connectivity index (χ0n) is 20.7. The van der Waals surface area contributed by atoms with E-state index in [1.807, 2.05) is 37.3 Å². The standard InChI is InChI=1S/C25H36N4O7/c1-3-15(2)21(25(35)36)28-23(33)19-10-7-13-29(19)24(34)18(11-12-20(30)31)27-22(32)17(26)14-16-8-5-4-6-9-16/h4-6,8-9,15,17-19,21H,3,7,10-14,26H2,1-2H3,(H,27,32)(H,28,33)(H,30,31)(H,35,36). The maximum absolute atomic E-state index is 13.4. The van der Waals surface area contributed by atoms with Gasteiger partial charge in [-0.2, -0.15) is 0 Å². The first-order valence-corrected chi connectivity index (χ1v) is 12.2. The molecule has 1 fully saturated rings. The first-order valence-electron chi connectivity index (χ1n) is 12.2. The molecule has 198 valence electrons. The lowest BCUT2D eigenvalue weighted by atomic mass is 9.98. The quantitative estimate of drug-likeness (QED) is 0.258. The van der Waals surface area contributed by atoms with Gasteiger partial charge in [0.15, 0.2) is 0 Å². The summed E-state index contributed by atoms with van der Waals surface area (Å²) in [7, 11) is 0. The number of hydrogen-bond donors (Lipinski definition) is 5. The van der Waals surface area contributed by atoms with Gasteiger partial charge in [-0.25, -0.2) is 4.79 Å². The fraction of sp³-hybridized carbons (Fsp3) is 0.560. The number of carboxylic acids is 2. The van der Waals surface area contributed by atoms with Crippen LogP contribution in [0.1, 0.15) is 51.5 Å². The van der Waals surface area contributed by atoms with Crippen molar-refractivity contribution in [2.75, 3.05) is 6.54 Å². The Labute approximate surface area is 210 Å². The number of carbonyl (C=O) groups is 5. The highest BCUT2D eigenvalue weighted by atomic mass is 16.4. The Morgan fingerprint density at radius 1 is 1.11 bits per heavy atom. The molecule has 5 unspecified atom stereocenters. The second-order valence-electron chi connectivity index (χ2n) is 9.19. The summed E-state index contributed by atoms with van der Waals surface area (Å²) in [5.74, 6) is -4.39. The Bertz CT molecular complexity index is 940. The summed E-state index contributed by atoms with van der Waals surface area (Å²) in [4.78, 5) is 63.2. The SMILES string of the molecule is CCC(C)C(NC(=O)C1CCCN1C(=O)C(CCC(=O)O)NC(=O)C(N)Cc1ccccc1)C(=O)O. The fourth-order valence-electron chi connectivity index (χ4n) is 4.20. The van der Waals surface area contributed by atoms with Crippen LogP contribution in [0.4, 0.5) is 0 Å². The number of nitrogens with one attached hydrogen (secondary N) is 2. The summed E-state index contributed by atoms with van der Waals surface area (Å²) in [6.07, 6.45) is 1.07. The minimum Gasteiger partial charge on any atom is -0.481 e. The van der Waals surface area contributed by atoms with E-state index in [4.69, 9.17) is 10.8 Å². The Hall–Kier alpha value is -3.47. The number of aliphatic carboxylic acids is 2. The van der Waals surface area contributed by atoms with Gasteiger partial charge < -0.3 is 31.5 Å². The molecule has 11 heteroatoms. The van der Waals surface area contributed by atoms with Gasteiger partial charge in [0.1, 0.15) is 18.1 Å². The largest absolute Gasteiger partial charge is 0.481 e. The monoisotopic (exact) mass is 504 g/mol. The van der Waals surface area contributed by atoms with Crippen LogP contribution < -0.4 is 16.4 Å². The smallest absolute Gasteiger partial charge is 0.326 e. The third kappa shape index (κ3) is 8.04. The van der Waals surface area contributed by atoms with Crippen LogP contribution in [0.25, 0.3) is 0 Å². The van der Waals surface area contributed by atoms with Crippen molar-refractivity contribution in [1.82, 2.24) is 15.5 Å². The molecule has 1 aromatic carbocycles. The van der Waals surface area contributed by atoms with Crippen LogP contribution in [-0.2, 0) is 30.4 Å². The lowest BCUT2D eigenvalue weighted by molar-refractivity contribution is -0.146. The van der Waals surface area contributed by atoms with Crippen LogP contribution in [0, 0.1) is 5.92 Å². The van der Waals surface area contributed by atoms with Crippen LogP contribution in [0.15, 0.2) is 30.3 Å². The van der Waals surface area contributed by atoms with E-state index in [1.54, 1.807) is 6.92 Å². The van der Waals surface area contributed by atoms with Crippen molar-refractivity contribution in [3.8, 4) is 0 Å². The molecule has 0 radical (unpaired) electrons. The van der Waals surface area contributed by atoms with Crippen molar-refractivity contribution in [1.29, 1.82) is 0 Å². The summed E-state index contributed by atoms with van der Waals surface area (Å²) in [6, 6.07) is 4.94. The highest BCUT2D eigenvalue weighted by Crippen LogP contribution is 2.21. The van der Waals surface area contributed by atoms with Gasteiger partial charge in [0.05, 0.1) is 6.04 Å². The predicted molar refractivity (Wildman–Crippen MR) is 131 cm³/mol. The summed E-state index contributed by atoms with van der Waals surface area (Å²) in [6.45, 7) is 3.76. The Balaban J connectivity index is 2.13. The molecule has 2 rings (SSSR count). The molecule has 36 heavy (non-hydrogen) atoms. The molecule has 1 aliphatic rings. The Kier molecular flexibility index (Phi) is 10.8. The van der Waals surface area contributed by atoms with Crippen LogP contribution in [0.5, 0.6) is 0 Å². The summed E-state index contributed by atoms with van der Waals surface area (Å²) < 4.78 is 0. The van der Waals surface area contributed by atoms with Crippen LogP contribution in [0.2, 0.25) is 0 Å². The van der Waals surface area contributed by atoms with Crippen LogP contribution in [-0.4, -0.2) is 75.5 Å². The van der Waals surface area contributed by atoms with Gasteiger partial charge >= 0.3 is 11.9 Å². The average molecular weight is 505 g/mol. The van der Waals surface area contributed by atoms with E-state index in [2.05, 4.69) is 10.6 Å². The van der Waals surface area contributed by atoms with E-state index in [0.29, 0.717) is 19.3 Å². The molecule has 0 aliphatic carbocycles. The van der Waals surface area contributed by atoms with E-state index in [-0.39, 0.29) is 31.7 Å². The van der Waals surface area contributed by atoms with Crippen molar-refractivity contribution in [2.45, 2.75) is 76.5 Å². The van der Waals surface area contributed by atoms with Gasteiger partial charge in [-0.3, -0.25) is 19.2 Å². The molecular formula is C25H36N4O7. The van der Waals surface area contributed by atoms with Gasteiger partial charge in [-0.15, -0.1) is 0 Å². The number of nitrogens with two attached hydrogens (primary N) is 1. The van der Waals surface area contributed by atoms with Crippen LogP contribution >= 0.6 is 0 Å². The molecular weight excluding hydrogens is 468 g/mol. The molecule has 0 spiro atoms. The Morgan fingerprint density at radius 2 is 1.78 bits per heavy atom. The molecule has 1 aliphatic heterocycles. The average Bonchev–Trinajstić information content (AvgIpc) is 3.34. The van der Waals surface area contributed by atoms with Gasteiger partial charge in [0.25, 0.3) is 0 Å². The molecule has 11 nitrogen and oxygen atoms in total. The second kappa shape index (κ2) is 13.6. The lowest BCUT2D eigenvalue weighted by Crippen LogP contribution is -2.57. The molecule has 0 bridgehead atoms. The topological polar surface area (TPSA) is 179 Å². The van der Waals surface area contributed by atoms with Gasteiger partial charge in [-0.05, 0) is 37.2 Å². The first-order chi connectivity index (χ1) is 17.0. The number of nitrogens with zero attached hydrogens (tertiary/aromatic N) is 1. The molecule has 1 heterocycles. The third-order valence-corrected chi connectivity index (χ3v) is 6.51. The second-order valence-corrected chi connectivity index (χ2v) is 9.19. The minimum atomic E-state index is -1.19. The zero-order chi connectivity index (χ0) is 26.8. The highest BCUT2D eigenvalue weighted by molar-refractivity contribution is 5.94. The molecule has 3 amide bonds. The van der Waals surface area contributed by atoms with E-state index >= 15 is 0 Å². The van der Waals surface area contributed by atoms with E-state index in [0.717, 1.165) is 5.56 Å². The van der Waals surface area contributed by atoms with E-state index in [9.17, 15) is 29.1 Å². The number of rotatable bonds is 13. The fourth-order valence-corrected chi connectivity index (χ4v) is 4.20. The summed E-state index contributed by atoms with van der Waals surface area (Å²) in [5.41, 5.74) is 6.87. The predicted octanol–water partition coefficient (Wildman–Crippen LogP) is 0.513. The van der Waals surface area contributed by atoms with Crippen LogP contribution in [0.3, 0.4) is 0 Å². The molecule has 0 aromatic heterocycles. The van der Waals surface area contributed by atoms with Gasteiger partial charge in [0, 0.05) is 13.0 Å². The van der Waals surface area contributed by atoms with Crippen molar-refractivity contribution < 1.29 is 34.2 Å². The molecule has 6 N–H and O–H groups in total. The highest BCUT2D eigenvalue weighted by Gasteiger charge is 2.39. The lowest BCUT2D eigenvalue weighted by Gasteiger charge is -2.30. The minimum absolute atomic E-state index is 0.173. The molecule has 5 atom stereocenters. The van der Waals surface area contributed by atoms with E-state index < -0.39 is 53.8 Å². The number of amides is 3. The van der Waals surface area contributed by atoms with Crippen molar-refractivity contribution in [3.63, 3.8) is 0 Å². The van der Waals surface area contributed by atoms with Gasteiger partial charge in [0.2, 0.25) is 17.7 Å². The molecule has 1 aromatic rings. The number of carboxylic acid groups (broad SMARTS) is 2. The normalized spacial score (nSPS) is 18.5. The number of hydrogen-bond acceptors (Lipinski definition) is 6. The van der Waals surface area contributed by atoms with Crippen molar-refractivity contribution in [2.24, 2.45) is 11.7 Å². The first kappa shape index (κ1) is 28.8. The molecule has 1 saturated heterocycles. The summed E-state index contributed by atoms with van der Waals surface area (Å²) in [5, 5.41) is 23.7. The van der Waals surface area contributed by atoms with E-state index in [1.165, 1.54) is 4.90 Å². The number of benzene rings is 1. The maximum Gasteiger partial charge on any atom is 0.326 e. The third-order valence-electron chi connectivity index (χ3n) is 6.51. The number of carbonyl (C=O) groups excluding carboxylic acids is 3. The van der Waals surface area contributed by atoms with Gasteiger partial charge in [-0.1, -0.05) is 50.6 Å². The zero-order valence-corrected chi connectivity index (χ0v) is 20.7. The summed E-state index contributed by atoms with van der Waals surface area (Å²) >= 11 is 0. The Morgan fingerprint density at radius 3 is 2.36 bits per heavy atom. The van der Waals surface area contributed by atoms with Crippen molar-refractivity contribution in [3.05, 3.63) is 35.9 Å². The maximum atomic E-state index is 13.4.